The van der Waals surface area contributed by atoms with Gasteiger partial charge in [-0.1, -0.05) is 18.2 Å². The molecule has 1 saturated carbocycles. The number of hydrogen-bond donors (Lipinski definition) is 1. The number of ketones is 1. The average molecular weight is 386 g/mol. The van der Waals surface area contributed by atoms with E-state index in [0.29, 0.717) is 23.6 Å². The van der Waals surface area contributed by atoms with Crippen molar-refractivity contribution >= 4 is 22.9 Å². The van der Waals surface area contributed by atoms with Gasteiger partial charge < -0.3 is 10.5 Å². The zero-order valence-electron chi connectivity index (χ0n) is 16.2. The van der Waals surface area contributed by atoms with E-state index in [1.807, 2.05) is 49.4 Å². The molecule has 2 aromatic carbocycles. The third kappa shape index (κ3) is 3.31. The lowest BCUT2D eigenvalue weighted by Crippen LogP contribution is -2.28. The molecule has 1 atom stereocenters. The molecular weight excluding hydrogens is 364 g/mol. The number of anilines is 1. The fourth-order valence-corrected chi connectivity index (χ4v) is 3.85. The number of aromatic nitrogens is 2. The van der Waals surface area contributed by atoms with Crippen molar-refractivity contribution in [1.82, 2.24) is 9.78 Å². The third-order valence-corrected chi connectivity index (χ3v) is 5.56. The van der Waals surface area contributed by atoms with Crippen LogP contribution in [-0.2, 0) is 11.2 Å². The van der Waals surface area contributed by atoms with E-state index in [9.17, 15) is 4.79 Å². The summed E-state index contributed by atoms with van der Waals surface area (Å²) in [6.07, 6.45) is 5.94. The van der Waals surface area contributed by atoms with E-state index in [4.69, 9.17) is 15.5 Å². The zero-order chi connectivity index (χ0) is 20.0. The number of nitrogens with zero attached hydrogens (tertiary/aromatic N) is 3. The summed E-state index contributed by atoms with van der Waals surface area (Å²) >= 11 is 0. The SMILES string of the molecule is CC1=Nc2ccc(-n3cc(N)cn3)c(Oc3ccccc3)c2C[C@@H]1C(=O)C1CC1. The number of carbonyl (C=O) groups excluding carboxylic acids is 1. The molecule has 5 rings (SSSR count). The Hall–Kier alpha value is -3.41. The Bertz CT molecular complexity index is 1110. The highest BCUT2D eigenvalue weighted by Crippen LogP contribution is 2.43. The van der Waals surface area contributed by atoms with Crippen molar-refractivity contribution in [2.24, 2.45) is 16.8 Å². The van der Waals surface area contributed by atoms with Crippen LogP contribution in [0, 0.1) is 11.8 Å². The van der Waals surface area contributed by atoms with E-state index in [0.717, 1.165) is 41.2 Å². The predicted octanol–water partition coefficient (Wildman–Crippen LogP) is 4.49. The molecule has 6 heteroatoms. The van der Waals surface area contributed by atoms with Gasteiger partial charge in [-0.05, 0) is 50.5 Å². The highest BCUT2D eigenvalue weighted by molar-refractivity contribution is 6.08. The number of hydrogen-bond acceptors (Lipinski definition) is 5. The van der Waals surface area contributed by atoms with Gasteiger partial charge in [0.05, 0.1) is 29.7 Å². The van der Waals surface area contributed by atoms with Gasteiger partial charge in [0.1, 0.15) is 17.2 Å². The summed E-state index contributed by atoms with van der Waals surface area (Å²) in [6.45, 7) is 1.95. The van der Waals surface area contributed by atoms with Crippen LogP contribution in [0.15, 0.2) is 59.9 Å². The average Bonchev–Trinajstić information content (AvgIpc) is 3.49. The number of fused-ring (bicyclic) bond motifs is 1. The lowest BCUT2D eigenvalue weighted by atomic mass is 9.85. The molecule has 2 N–H and O–H groups in total. The van der Waals surface area contributed by atoms with Crippen LogP contribution in [0.3, 0.4) is 0 Å². The minimum Gasteiger partial charge on any atom is -0.455 e. The van der Waals surface area contributed by atoms with Crippen LogP contribution >= 0.6 is 0 Å². The number of rotatable bonds is 5. The number of nitrogen functional groups attached to an aromatic ring is 1. The number of ether oxygens (including phenoxy) is 1. The second-order valence-electron chi connectivity index (χ2n) is 7.73. The Labute approximate surface area is 169 Å². The number of Topliss-reactive ketones (excluding diaryl/α,β-unsaturated/α-hetero) is 1. The van der Waals surface area contributed by atoms with Crippen LogP contribution in [0.1, 0.15) is 25.3 Å². The van der Waals surface area contributed by atoms with Crippen LogP contribution in [0.5, 0.6) is 11.5 Å². The summed E-state index contributed by atoms with van der Waals surface area (Å²) in [5.74, 6) is 1.70. The van der Waals surface area contributed by atoms with Crippen molar-refractivity contribution in [3.63, 3.8) is 0 Å². The van der Waals surface area contributed by atoms with Gasteiger partial charge in [-0.15, -0.1) is 0 Å². The molecule has 1 aromatic heterocycles. The maximum Gasteiger partial charge on any atom is 0.158 e. The number of nitrogens with two attached hydrogens (primary N) is 1. The molecule has 2 heterocycles. The highest BCUT2D eigenvalue weighted by Gasteiger charge is 2.38. The van der Waals surface area contributed by atoms with Gasteiger partial charge in [-0.3, -0.25) is 9.79 Å². The van der Waals surface area contributed by atoms with E-state index < -0.39 is 0 Å². The van der Waals surface area contributed by atoms with Gasteiger partial charge in [0.25, 0.3) is 0 Å². The van der Waals surface area contributed by atoms with Gasteiger partial charge >= 0.3 is 0 Å². The van der Waals surface area contributed by atoms with Gasteiger partial charge in [0.15, 0.2) is 5.75 Å². The summed E-state index contributed by atoms with van der Waals surface area (Å²) in [7, 11) is 0. The summed E-state index contributed by atoms with van der Waals surface area (Å²) < 4.78 is 8.03. The van der Waals surface area contributed by atoms with Gasteiger partial charge in [0, 0.05) is 17.2 Å². The molecule has 3 aromatic rings. The highest BCUT2D eigenvalue weighted by atomic mass is 16.5. The molecule has 2 aliphatic rings. The molecular formula is C23H22N4O2. The van der Waals surface area contributed by atoms with Gasteiger partial charge in [0.2, 0.25) is 0 Å². The lowest BCUT2D eigenvalue weighted by Gasteiger charge is -2.25. The quantitative estimate of drug-likeness (QED) is 0.700. The van der Waals surface area contributed by atoms with E-state index in [-0.39, 0.29) is 11.8 Å². The molecule has 0 unspecified atom stereocenters. The second-order valence-corrected chi connectivity index (χ2v) is 7.73. The lowest BCUT2D eigenvalue weighted by molar-refractivity contribution is -0.122. The molecule has 0 amide bonds. The molecule has 146 valence electrons. The Balaban J connectivity index is 1.63. The number of benzene rings is 2. The molecule has 6 nitrogen and oxygen atoms in total. The van der Waals surface area contributed by atoms with Crippen molar-refractivity contribution in [3.05, 3.63) is 60.4 Å². The van der Waals surface area contributed by atoms with Crippen LogP contribution in [-0.4, -0.2) is 21.3 Å². The van der Waals surface area contributed by atoms with E-state index in [1.165, 1.54) is 0 Å². The fraction of sp³-hybridized carbons (Fsp3) is 0.261. The molecule has 1 fully saturated rings. The predicted molar refractivity (Wildman–Crippen MR) is 112 cm³/mol. The standard InChI is InChI=1S/C23H22N4O2/c1-14-18(22(28)15-7-8-15)11-19-20(26-14)9-10-21(27-13-16(24)12-25-27)23(19)29-17-5-3-2-4-6-17/h2-6,9-10,12-13,15,18H,7-8,11,24H2,1H3/t18-/m0/s1. The van der Waals surface area contributed by atoms with Gasteiger partial charge in [-0.25, -0.2) is 4.68 Å². The molecule has 29 heavy (non-hydrogen) atoms. The zero-order valence-corrected chi connectivity index (χ0v) is 16.2. The smallest absolute Gasteiger partial charge is 0.158 e. The van der Waals surface area contributed by atoms with Crippen LogP contribution in [0.25, 0.3) is 5.69 Å². The first kappa shape index (κ1) is 17.7. The van der Waals surface area contributed by atoms with Crippen molar-refractivity contribution in [1.29, 1.82) is 0 Å². The van der Waals surface area contributed by atoms with Crippen LogP contribution in [0.2, 0.25) is 0 Å². The largest absolute Gasteiger partial charge is 0.455 e. The summed E-state index contributed by atoms with van der Waals surface area (Å²) in [6, 6.07) is 13.5. The van der Waals surface area contributed by atoms with Crippen molar-refractivity contribution in [2.75, 3.05) is 5.73 Å². The monoisotopic (exact) mass is 386 g/mol. The van der Waals surface area contributed by atoms with E-state index in [2.05, 4.69) is 5.10 Å². The minimum atomic E-state index is -0.189. The van der Waals surface area contributed by atoms with Crippen molar-refractivity contribution < 1.29 is 9.53 Å². The Morgan fingerprint density at radius 3 is 2.66 bits per heavy atom. The minimum absolute atomic E-state index is 0.189. The molecule has 0 saturated heterocycles. The summed E-state index contributed by atoms with van der Waals surface area (Å²) in [5.41, 5.74) is 9.90. The number of carbonyl (C=O) groups is 1. The maximum absolute atomic E-state index is 12.9. The third-order valence-electron chi connectivity index (χ3n) is 5.56. The Morgan fingerprint density at radius 1 is 1.17 bits per heavy atom. The first-order valence-corrected chi connectivity index (χ1v) is 9.88. The topological polar surface area (TPSA) is 82.5 Å². The fourth-order valence-electron chi connectivity index (χ4n) is 3.85. The number of para-hydroxylation sites is 1. The van der Waals surface area contributed by atoms with Gasteiger partial charge in [-0.2, -0.15) is 5.10 Å². The molecule has 1 aliphatic carbocycles. The Kier molecular flexibility index (Phi) is 4.19. The first-order valence-electron chi connectivity index (χ1n) is 9.88. The number of aliphatic imine (C=N–C) groups is 1. The van der Waals surface area contributed by atoms with Crippen molar-refractivity contribution in [2.45, 2.75) is 26.2 Å². The van der Waals surface area contributed by atoms with E-state index in [1.54, 1.807) is 17.1 Å². The van der Waals surface area contributed by atoms with Crippen LogP contribution in [0.4, 0.5) is 11.4 Å². The second kappa shape index (κ2) is 6.88. The first-order chi connectivity index (χ1) is 14.1. The molecule has 0 radical (unpaired) electrons. The van der Waals surface area contributed by atoms with E-state index >= 15 is 0 Å². The normalized spacial score (nSPS) is 18.1. The van der Waals surface area contributed by atoms with Crippen LogP contribution < -0.4 is 10.5 Å². The Morgan fingerprint density at radius 2 is 1.97 bits per heavy atom. The summed E-state index contributed by atoms with van der Waals surface area (Å²) in [4.78, 5) is 17.6. The molecule has 1 aliphatic heterocycles. The molecule has 0 bridgehead atoms. The maximum atomic E-state index is 12.9. The summed E-state index contributed by atoms with van der Waals surface area (Å²) in [5, 5.41) is 4.35. The molecule has 0 spiro atoms. The van der Waals surface area contributed by atoms with Crippen molar-refractivity contribution in [3.8, 4) is 17.2 Å².